The summed E-state index contributed by atoms with van der Waals surface area (Å²) in [6, 6.07) is 10.9. The Labute approximate surface area is 127 Å². The number of aryl methyl sites for hydroxylation is 1. The van der Waals surface area contributed by atoms with E-state index in [1.807, 2.05) is 31.2 Å². The fraction of sp³-hybridized carbons (Fsp3) is 0.118. The number of hydrogen-bond donors (Lipinski definition) is 1. The predicted octanol–water partition coefficient (Wildman–Crippen LogP) is 2.57. The first-order chi connectivity index (χ1) is 10.6. The third-order valence-corrected chi connectivity index (χ3v) is 4.12. The Morgan fingerprint density at radius 3 is 3.00 bits per heavy atom. The van der Waals surface area contributed by atoms with Crippen molar-refractivity contribution in [3.8, 4) is 11.1 Å². The lowest BCUT2D eigenvalue weighted by Gasteiger charge is -2.08. The highest BCUT2D eigenvalue weighted by Gasteiger charge is 2.29. The fourth-order valence-corrected chi connectivity index (χ4v) is 2.93. The van der Waals surface area contributed by atoms with E-state index in [-0.39, 0.29) is 12.4 Å². The Balaban J connectivity index is 1.90. The van der Waals surface area contributed by atoms with Crippen molar-refractivity contribution in [3.05, 3.63) is 59.5 Å². The van der Waals surface area contributed by atoms with Crippen LogP contribution >= 0.6 is 0 Å². The summed E-state index contributed by atoms with van der Waals surface area (Å²) >= 11 is 0. The van der Waals surface area contributed by atoms with Gasteiger partial charge in [-0.25, -0.2) is 4.39 Å². The fourth-order valence-electron chi connectivity index (χ4n) is 2.93. The molecule has 1 N–H and O–H groups in total. The molecule has 0 fully saturated rings. The zero-order chi connectivity index (χ0) is 15.3. The number of benzene rings is 2. The summed E-state index contributed by atoms with van der Waals surface area (Å²) in [5.41, 5.74) is 4.44. The maximum atomic E-state index is 14.4. The molecule has 0 saturated heterocycles. The molecule has 1 aromatic heterocycles. The molecule has 0 unspecified atom stereocenters. The highest BCUT2D eigenvalue weighted by atomic mass is 19.1. The van der Waals surface area contributed by atoms with Crippen LogP contribution in [0.3, 0.4) is 0 Å². The number of halogens is 1. The first-order valence-corrected chi connectivity index (χ1v) is 7.11. The minimum absolute atomic E-state index is 0.239. The van der Waals surface area contributed by atoms with Gasteiger partial charge >= 0.3 is 7.12 Å². The Kier molecular flexibility index (Phi) is 2.99. The van der Waals surface area contributed by atoms with E-state index in [2.05, 4.69) is 4.98 Å². The van der Waals surface area contributed by atoms with Crippen molar-refractivity contribution in [1.29, 1.82) is 0 Å². The minimum atomic E-state index is -0.981. The second-order valence-electron chi connectivity index (χ2n) is 5.56. The number of rotatable bonds is 1. The minimum Gasteiger partial charge on any atom is -0.423 e. The van der Waals surface area contributed by atoms with E-state index in [0.717, 1.165) is 16.5 Å². The normalized spacial score (nSPS) is 13.7. The van der Waals surface area contributed by atoms with Crippen LogP contribution < -0.4 is 5.46 Å². The molecule has 1 aliphatic heterocycles. The standard InChI is InChI=1S/C17H13BFNO2/c1-10-3-2-4-11-5-12(8-20-17(10)11)14-7-15-13(6-16(14)19)9-22-18(15)21/h2-8,21H,9H2,1H3. The van der Waals surface area contributed by atoms with E-state index in [9.17, 15) is 9.41 Å². The van der Waals surface area contributed by atoms with Gasteiger partial charge in [-0.1, -0.05) is 24.3 Å². The smallest absolute Gasteiger partial charge is 0.423 e. The lowest BCUT2D eigenvalue weighted by atomic mass is 9.78. The summed E-state index contributed by atoms with van der Waals surface area (Å²) in [6.07, 6.45) is 1.67. The lowest BCUT2D eigenvalue weighted by molar-refractivity contribution is 0.275. The molecule has 22 heavy (non-hydrogen) atoms. The quantitative estimate of drug-likeness (QED) is 0.701. The van der Waals surface area contributed by atoms with Crippen molar-refractivity contribution in [3.63, 3.8) is 0 Å². The largest absolute Gasteiger partial charge is 0.491 e. The van der Waals surface area contributed by atoms with Crippen LogP contribution in [0, 0.1) is 12.7 Å². The third-order valence-electron chi connectivity index (χ3n) is 4.12. The van der Waals surface area contributed by atoms with Gasteiger partial charge in [-0.3, -0.25) is 4.98 Å². The third kappa shape index (κ3) is 2.02. The molecule has 0 spiro atoms. The topological polar surface area (TPSA) is 42.4 Å². The lowest BCUT2D eigenvalue weighted by Crippen LogP contribution is -2.28. The molecule has 0 radical (unpaired) electrons. The summed E-state index contributed by atoms with van der Waals surface area (Å²) in [5, 5.41) is 10.8. The summed E-state index contributed by atoms with van der Waals surface area (Å²) in [4.78, 5) is 4.45. The number of para-hydroxylation sites is 1. The second-order valence-corrected chi connectivity index (χ2v) is 5.56. The van der Waals surface area contributed by atoms with Crippen LogP contribution in [-0.4, -0.2) is 17.1 Å². The van der Waals surface area contributed by atoms with Gasteiger partial charge in [-0.15, -0.1) is 0 Å². The van der Waals surface area contributed by atoms with Gasteiger partial charge in [0.05, 0.1) is 12.1 Å². The van der Waals surface area contributed by atoms with Gasteiger partial charge in [-0.2, -0.15) is 0 Å². The van der Waals surface area contributed by atoms with Crippen LogP contribution in [0.2, 0.25) is 0 Å². The number of aromatic nitrogens is 1. The molecule has 0 amide bonds. The summed E-state index contributed by atoms with van der Waals surface area (Å²) in [7, 11) is -0.981. The molecule has 2 heterocycles. The number of nitrogens with zero attached hydrogens (tertiary/aromatic N) is 1. The van der Waals surface area contributed by atoms with Crippen LogP contribution in [0.4, 0.5) is 4.39 Å². The molecule has 5 heteroatoms. The van der Waals surface area contributed by atoms with E-state index in [4.69, 9.17) is 4.65 Å². The van der Waals surface area contributed by atoms with Crippen LogP contribution in [-0.2, 0) is 11.3 Å². The highest BCUT2D eigenvalue weighted by Crippen LogP contribution is 2.27. The number of hydrogen-bond acceptors (Lipinski definition) is 3. The molecule has 0 bridgehead atoms. The number of pyridine rings is 1. The van der Waals surface area contributed by atoms with E-state index < -0.39 is 7.12 Å². The van der Waals surface area contributed by atoms with Gasteiger partial charge in [0.25, 0.3) is 0 Å². The molecule has 0 atom stereocenters. The average molecular weight is 293 g/mol. The van der Waals surface area contributed by atoms with Gasteiger partial charge in [-0.05, 0) is 35.6 Å². The maximum absolute atomic E-state index is 14.4. The van der Waals surface area contributed by atoms with E-state index in [1.54, 1.807) is 12.3 Å². The molecule has 108 valence electrons. The summed E-state index contributed by atoms with van der Waals surface area (Å²) in [6.45, 7) is 2.24. The molecule has 4 rings (SSSR count). The molecule has 0 aliphatic carbocycles. The molecular weight excluding hydrogens is 280 g/mol. The number of fused-ring (bicyclic) bond motifs is 2. The zero-order valence-electron chi connectivity index (χ0n) is 12.0. The zero-order valence-corrected chi connectivity index (χ0v) is 12.0. The summed E-state index contributed by atoms with van der Waals surface area (Å²) < 4.78 is 19.5. The van der Waals surface area contributed by atoms with Gasteiger partial charge in [0, 0.05) is 22.7 Å². The van der Waals surface area contributed by atoms with Crippen molar-refractivity contribution >= 4 is 23.5 Å². The van der Waals surface area contributed by atoms with Crippen molar-refractivity contribution in [2.24, 2.45) is 0 Å². The highest BCUT2D eigenvalue weighted by molar-refractivity contribution is 6.61. The molecule has 1 aliphatic rings. The van der Waals surface area contributed by atoms with Crippen LogP contribution in [0.5, 0.6) is 0 Å². The van der Waals surface area contributed by atoms with E-state index in [0.29, 0.717) is 22.2 Å². The van der Waals surface area contributed by atoms with Crippen molar-refractivity contribution in [2.45, 2.75) is 13.5 Å². The van der Waals surface area contributed by atoms with Gasteiger partial charge in [0.1, 0.15) is 5.82 Å². The summed E-state index contributed by atoms with van der Waals surface area (Å²) in [5.74, 6) is -0.328. The first kappa shape index (κ1) is 13.4. The molecule has 0 saturated carbocycles. The van der Waals surface area contributed by atoms with Gasteiger partial charge in [0.2, 0.25) is 0 Å². The van der Waals surface area contributed by atoms with Crippen molar-refractivity contribution < 1.29 is 14.1 Å². The monoisotopic (exact) mass is 293 g/mol. The van der Waals surface area contributed by atoms with Crippen LogP contribution in [0.25, 0.3) is 22.0 Å². The first-order valence-electron chi connectivity index (χ1n) is 7.11. The van der Waals surface area contributed by atoms with E-state index >= 15 is 0 Å². The molecule has 3 nitrogen and oxygen atoms in total. The predicted molar refractivity (Wildman–Crippen MR) is 84.3 cm³/mol. The molecular formula is C17H13BFNO2. The average Bonchev–Trinajstić information content (AvgIpc) is 2.87. The maximum Gasteiger partial charge on any atom is 0.491 e. The Bertz CT molecular complexity index is 897. The Morgan fingerprint density at radius 2 is 2.14 bits per heavy atom. The molecule has 2 aromatic carbocycles. The Hall–Kier alpha value is -2.24. The van der Waals surface area contributed by atoms with Crippen molar-refractivity contribution in [2.75, 3.05) is 0 Å². The van der Waals surface area contributed by atoms with Gasteiger partial charge < -0.3 is 9.68 Å². The van der Waals surface area contributed by atoms with Gasteiger partial charge in [0.15, 0.2) is 0 Å². The SMILES string of the molecule is Cc1cccc2cc(-c3cc4c(cc3F)COB4O)cnc12. The van der Waals surface area contributed by atoms with Crippen molar-refractivity contribution in [1.82, 2.24) is 4.98 Å². The Morgan fingerprint density at radius 1 is 1.27 bits per heavy atom. The van der Waals surface area contributed by atoms with Crippen LogP contribution in [0.15, 0.2) is 42.6 Å². The van der Waals surface area contributed by atoms with E-state index in [1.165, 1.54) is 6.07 Å². The molecule has 3 aromatic rings. The second kappa shape index (κ2) is 4.90. The van der Waals surface area contributed by atoms with Crippen LogP contribution in [0.1, 0.15) is 11.1 Å².